The van der Waals surface area contributed by atoms with E-state index in [4.69, 9.17) is 11.6 Å². The summed E-state index contributed by atoms with van der Waals surface area (Å²) >= 11 is 8.17. The van der Waals surface area contributed by atoms with Crippen LogP contribution in [0.3, 0.4) is 0 Å². The fourth-order valence-electron chi connectivity index (χ4n) is 0.852. The third-order valence-corrected chi connectivity index (χ3v) is 5.73. The van der Waals surface area contributed by atoms with Crippen molar-refractivity contribution in [2.24, 2.45) is 0 Å². The van der Waals surface area contributed by atoms with E-state index >= 15 is 0 Å². The van der Waals surface area contributed by atoms with Crippen molar-refractivity contribution in [1.29, 1.82) is 0 Å². The summed E-state index contributed by atoms with van der Waals surface area (Å²) in [7, 11) is -1.84. The minimum absolute atomic E-state index is 0.191. The molecular formula is C7H11ClN2O2S3. The van der Waals surface area contributed by atoms with E-state index in [-0.39, 0.29) is 8.68 Å². The first kappa shape index (κ1) is 13.2. The van der Waals surface area contributed by atoms with E-state index < -0.39 is 10.0 Å². The number of aromatic nitrogens is 1. The molecule has 0 aliphatic carbocycles. The Bertz CT molecular complexity index is 418. The van der Waals surface area contributed by atoms with Gasteiger partial charge in [0.1, 0.15) is 0 Å². The van der Waals surface area contributed by atoms with Gasteiger partial charge in [-0.2, -0.15) is 16.1 Å². The number of nitrogens with zero attached hydrogens (tertiary/aromatic N) is 2. The van der Waals surface area contributed by atoms with Gasteiger partial charge in [-0.1, -0.05) is 22.9 Å². The molecule has 0 bridgehead atoms. The highest BCUT2D eigenvalue weighted by molar-refractivity contribution is 7.98. The zero-order valence-corrected chi connectivity index (χ0v) is 11.5. The summed E-state index contributed by atoms with van der Waals surface area (Å²) in [5, 5.41) is 0. The van der Waals surface area contributed by atoms with Gasteiger partial charge >= 0.3 is 0 Å². The second-order valence-corrected chi connectivity index (χ2v) is 7.62. The molecule has 0 radical (unpaired) electrons. The number of rotatable bonds is 5. The van der Waals surface area contributed by atoms with Crippen LogP contribution < -0.4 is 0 Å². The fourth-order valence-corrected chi connectivity index (χ4v) is 4.10. The molecule has 0 aliphatic heterocycles. The van der Waals surface area contributed by atoms with E-state index in [0.717, 1.165) is 17.1 Å². The molecule has 1 heterocycles. The van der Waals surface area contributed by atoms with Crippen molar-refractivity contribution >= 4 is 44.7 Å². The van der Waals surface area contributed by atoms with Crippen molar-refractivity contribution in [3.8, 4) is 0 Å². The van der Waals surface area contributed by atoms with Crippen molar-refractivity contribution in [3.63, 3.8) is 0 Å². The minimum Gasteiger partial charge on any atom is -0.232 e. The van der Waals surface area contributed by atoms with Crippen LogP contribution in [0.4, 0.5) is 0 Å². The number of hydrogen-bond acceptors (Lipinski definition) is 5. The monoisotopic (exact) mass is 286 g/mol. The number of thiazole rings is 1. The normalized spacial score (nSPS) is 12.3. The molecule has 4 nitrogen and oxygen atoms in total. The highest BCUT2D eigenvalue weighted by Crippen LogP contribution is 2.24. The summed E-state index contributed by atoms with van der Waals surface area (Å²) in [6, 6.07) is 0. The summed E-state index contributed by atoms with van der Waals surface area (Å²) in [5.41, 5.74) is 0. The quantitative estimate of drug-likeness (QED) is 0.828. The van der Waals surface area contributed by atoms with Crippen molar-refractivity contribution < 1.29 is 8.42 Å². The van der Waals surface area contributed by atoms with Crippen molar-refractivity contribution in [3.05, 3.63) is 10.7 Å². The first-order valence-corrected chi connectivity index (χ1v) is 8.08. The van der Waals surface area contributed by atoms with E-state index in [2.05, 4.69) is 4.98 Å². The lowest BCUT2D eigenvalue weighted by Crippen LogP contribution is -2.28. The summed E-state index contributed by atoms with van der Waals surface area (Å²) in [5.74, 6) is 0.766. The number of hydrogen-bond donors (Lipinski definition) is 0. The first-order chi connectivity index (χ1) is 6.98. The first-order valence-electron chi connectivity index (χ1n) is 4.05. The maximum Gasteiger partial charge on any atom is 0.253 e. The largest absolute Gasteiger partial charge is 0.253 e. The Kier molecular flexibility index (Phi) is 4.85. The molecule has 0 aromatic carbocycles. The Hall–Kier alpha value is 0.180. The summed E-state index contributed by atoms with van der Waals surface area (Å²) in [4.78, 5) is 3.72. The van der Waals surface area contributed by atoms with E-state index in [0.29, 0.717) is 6.54 Å². The van der Waals surface area contributed by atoms with Gasteiger partial charge in [-0.3, -0.25) is 0 Å². The van der Waals surface area contributed by atoms with Gasteiger partial charge in [0.25, 0.3) is 10.0 Å². The van der Waals surface area contributed by atoms with Crippen LogP contribution in [-0.2, 0) is 10.0 Å². The maximum atomic E-state index is 11.9. The molecule has 0 saturated carbocycles. The van der Waals surface area contributed by atoms with Crippen LogP contribution in [0, 0.1) is 0 Å². The average molecular weight is 287 g/mol. The molecule has 0 unspecified atom stereocenters. The standard InChI is InChI=1S/C7H11ClN2O2S3/c1-10(3-4-13-2)15(11,12)6-5-9-7(8)14-6/h5H,3-4H2,1-2H3. The highest BCUT2D eigenvalue weighted by Gasteiger charge is 2.22. The van der Waals surface area contributed by atoms with Crippen molar-refractivity contribution in [2.45, 2.75) is 4.21 Å². The Morgan fingerprint density at radius 2 is 2.33 bits per heavy atom. The van der Waals surface area contributed by atoms with Gasteiger partial charge in [0.05, 0.1) is 6.20 Å². The topological polar surface area (TPSA) is 50.3 Å². The Balaban J connectivity index is 2.83. The van der Waals surface area contributed by atoms with Crippen LogP contribution in [-0.4, -0.2) is 43.3 Å². The molecule has 0 aliphatic rings. The van der Waals surface area contributed by atoms with Gasteiger partial charge in [-0.05, 0) is 6.26 Å². The SMILES string of the molecule is CSCCN(C)S(=O)(=O)c1cnc(Cl)s1. The molecule has 1 aromatic rings. The van der Waals surface area contributed by atoms with Gasteiger partial charge in [0, 0.05) is 19.3 Å². The second kappa shape index (κ2) is 5.49. The third-order valence-electron chi connectivity index (χ3n) is 1.73. The van der Waals surface area contributed by atoms with E-state index in [1.54, 1.807) is 18.8 Å². The summed E-state index contributed by atoms with van der Waals surface area (Å²) in [6.45, 7) is 0.485. The number of thioether (sulfide) groups is 1. The highest BCUT2D eigenvalue weighted by atomic mass is 35.5. The Morgan fingerprint density at radius 3 is 2.80 bits per heavy atom. The van der Waals surface area contributed by atoms with Crippen LogP contribution in [0.5, 0.6) is 0 Å². The number of halogens is 1. The van der Waals surface area contributed by atoms with Crippen LogP contribution in [0.15, 0.2) is 10.4 Å². The van der Waals surface area contributed by atoms with Crippen LogP contribution in [0.1, 0.15) is 0 Å². The molecule has 0 saturated heterocycles. The molecule has 0 spiro atoms. The lowest BCUT2D eigenvalue weighted by atomic mass is 10.8. The molecule has 1 rings (SSSR count). The van der Waals surface area contributed by atoms with Gasteiger partial charge in [-0.15, -0.1) is 0 Å². The fraction of sp³-hybridized carbons (Fsp3) is 0.571. The third kappa shape index (κ3) is 3.32. The minimum atomic E-state index is -3.40. The predicted octanol–water partition coefficient (Wildman–Crippen LogP) is 1.78. The smallest absolute Gasteiger partial charge is 0.232 e. The van der Waals surface area contributed by atoms with Crippen LogP contribution in [0.2, 0.25) is 4.47 Å². The molecule has 0 fully saturated rings. The molecule has 1 aromatic heterocycles. The van der Waals surface area contributed by atoms with Gasteiger partial charge in [0.2, 0.25) is 0 Å². The zero-order chi connectivity index (χ0) is 11.5. The molecule has 86 valence electrons. The van der Waals surface area contributed by atoms with E-state index in [9.17, 15) is 8.42 Å². The Morgan fingerprint density at radius 1 is 1.67 bits per heavy atom. The van der Waals surface area contributed by atoms with Crippen LogP contribution >= 0.6 is 34.7 Å². The predicted molar refractivity (Wildman–Crippen MR) is 65.3 cm³/mol. The molecule has 8 heteroatoms. The average Bonchev–Trinajstić information content (AvgIpc) is 2.61. The lowest BCUT2D eigenvalue weighted by molar-refractivity contribution is 0.490. The maximum absolute atomic E-state index is 11.9. The molecule has 15 heavy (non-hydrogen) atoms. The van der Waals surface area contributed by atoms with Gasteiger partial charge < -0.3 is 0 Å². The zero-order valence-electron chi connectivity index (χ0n) is 8.31. The van der Waals surface area contributed by atoms with Crippen LogP contribution in [0.25, 0.3) is 0 Å². The van der Waals surface area contributed by atoms with Crippen molar-refractivity contribution in [2.75, 3.05) is 25.6 Å². The summed E-state index contributed by atoms with van der Waals surface area (Å²) < 4.78 is 25.5. The Labute approximate surface area is 103 Å². The summed E-state index contributed by atoms with van der Waals surface area (Å²) in [6.07, 6.45) is 3.22. The van der Waals surface area contributed by atoms with E-state index in [1.165, 1.54) is 10.5 Å². The molecular weight excluding hydrogens is 276 g/mol. The van der Waals surface area contributed by atoms with E-state index in [1.807, 2.05) is 6.26 Å². The number of sulfonamides is 1. The van der Waals surface area contributed by atoms with Crippen molar-refractivity contribution in [1.82, 2.24) is 9.29 Å². The molecule has 0 atom stereocenters. The van der Waals surface area contributed by atoms with Gasteiger partial charge in [0.15, 0.2) is 8.68 Å². The lowest BCUT2D eigenvalue weighted by Gasteiger charge is -2.14. The molecule has 0 N–H and O–H groups in total. The second-order valence-electron chi connectivity index (χ2n) is 2.75. The molecule has 0 amide bonds. The van der Waals surface area contributed by atoms with Gasteiger partial charge in [-0.25, -0.2) is 13.4 Å².